The van der Waals surface area contributed by atoms with E-state index in [-0.39, 0.29) is 17.8 Å². The van der Waals surface area contributed by atoms with Crippen LogP contribution in [0.25, 0.3) is 0 Å². The summed E-state index contributed by atoms with van der Waals surface area (Å²) in [6.07, 6.45) is 1.96. The minimum atomic E-state index is -0.975. The highest BCUT2D eigenvalue weighted by molar-refractivity contribution is 6.28. The topological polar surface area (TPSA) is 90.1 Å². The standard InChI is InChI=1S/C9H11ClN4O2/c10-8-12-3-1-6(14-8)13-7(15)9(11)2-4-16-5-9/h1,3H,2,4-5,11H2,(H,12,13,14,15). The molecular weight excluding hydrogens is 232 g/mol. The van der Waals surface area contributed by atoms with Crippen molar-refractivity contribution in [3.8, 4) is 0 Å². The molecule has 7 heteroatoms. The summed E-state index contributed by atoms with van der Waals surface area (Å²) in [4.78, 5) is 19.4. The summed E-state index contributed by atoms with van der Waals surface area (Å²) in [5.41, 5.74) is 4.90. The Hall–Kier alpha value is -1.24. The highest BCUT2D eigenvalue weighted by Crippen LogP contribution is 2.17. The van der Waals surface area contributed by atoms with Gasteiger partial charge in [0, 0.05) is 12.8 Å². The van der Waals surface area contributed by atoms with Gasteiger partial charge in [0.2, 0.25) is 11.2 Å². The van der Waals surface area contributed by atoms with Gasteiger partial charge in [0.1, 0.15) is 11.4 Å². The molecule has 1 unspecified atom stereocenters. The number of nitrogens with one attached hydrogen (secondary N) is 1. The van der Waals surface area contributed by atoms with Crippen LogP contribution in [0.5, 0.6) is 0 Å². The van der Waals surface area contributed by atoms with E-state index >= 15 is 0 Å². The Morgan fingerprint density at radius 1 is 1.69 bits per heavy atom. The number of rotatable bonds is 2. The number of anilines is 1. The lowest BCUT2D eigenvalue weighted by atomic mass is 9.99. The van der Waals surface area contributed by atoms with Crippen molar-refractivity contribution in [2.24, 2.45) is 5.73 Å². The molecule has 6 nitrogen and oxygen atoms in total. The van der Waals surface area contributed by atoms with Gasteiger partial charge in [-0.1, -0.05) is 0 Å². The molecule has 0 aromatic carbocycles. The fourth-order valence-electron chi connectivity index (χ4n) is 1.41. The van der Waals surface area contributed by atoms with Gasteiger partial charge in [-0.3, -0.25) is 4.79 Å². The van der Waals surface area contributed by atoms with Crippen LogP contribution in [-0.4, -0.2) is 34.6 Å². The van der Waals surface area contributed by atoms with E-state index in [2.05, 4.69) is 15.3 Å². The molecule has 1 saturated heterocycles. The van der Waals surface area contributed by atoms with E-state index in [4.69, 9.17) is 22.1 Å². The first-order chi connectivity index (χ1) is 7.60. The molecule has 1 amide bonds. The Kier molecular flexibility index (Phi) is 3.04. The predicted molar refractivity (Wildman–Crippen MR) is 58.0 cm³/mol. The third-order valence-corrected chi connectivity index (χ3v) is 2.55. The average molecular weight is 243 g/mol. The number of nitrogens with two attached hydrogens (primary N) is 1. The molecule has 0 saturated carbocycles. The van der Waals surface area contributed by atoms with Crippen molar-refractivity contribution in [1.29, 1.82) is 0 Å². The maximum absolute atomic E-state index is 11.8. The van der Waals surface area contributed by atoms with Crippen LogP contribution >= 0.6 is 11.6 Å². The van der Waals surface area contributed by atoms with Crippen molar-refractivity contribution in [3.05, 3.63) is 17.5 Å². The largest absolute Gasteiger partial charge is 0.379 e. The van der Waals surface area contributed by atoms with Crippen LogP contribution in [0.15, 0.2) is 12.3 Å². The predicted octanol–water partition coefficient (Wildman–Crippen LogP) is 0.186. The highest BCUT2D eigenvalue weighted by Gasteiger charge is 2.38. The average Bonchev–Trinajstić information content (AvgIpc) is 2.66. The van der Waals surface area contributed by atoms with Gasteiger partial charge in [0.05, 0.1) is 6.61 Å². The van der Waals surface area contributed by atoms with Crippen molar-refractivity contribution < 1.29 is 9.53 Å². The van der Waals surface area contributed by atoms with Gasteiger partial charge >= 0.3 is 0 Å². The second-order valence-corrected chi connectivity index (χ2v) is 3.96. The number of carbonyl (C=O) groups is 1. The molecule has 1 atom stereocenters. The molecule has 0 bridgehead atoms. The Labute approximate surface area is 97.2 Å². The van der Waals surface area contributed by atoms with Gasteiger partial charge in [-0.25, -0.2) is 9.97 Å². The Morgan fingerprint density at radius 2 is 2.50 bits per heavy atom. The quantitative estimate of drug-likeness (QED) is 0.723. The van der Waals surface area contributed by atoms with Crippen LogP contribution < -0.4 is 11.1 Å². The van der Waals surface area contributed by atoms with Crippen LogP contribution in [0.2, 0.25) is 5.28 Å². The number of amides is 1. The molecule has 1 aliphatic rings. The lowest BCUT2D eigenvalue weighted by Gasteiger charge is -2.19. The van der Waals surface area contributed by atoms with Crippen LogP contribution in [0, 0.1) is 0 Å². The molecule has 2 heterocycles. The van der Waals surface area contributed by atoms with Gasteiger partial charge in [0.15, 0.2) is 0 Å². The first-order valence-corrected chi connectivity index (χ1v) is 5.15. The van der Waals surface area contributed by atoms with Crippen molar-refractivity contribution >= 4 is 23.3 Å². The van der Waals surface area contributed by atoms with E-state index in [1.54, 1.807) is 6.07 Å². The summed E-state index contributed by atoms with van der Waals surface area (Å²) < 4.78 is 5.10. The molecule has 0 spiro atoms. The van der Waals surface area contributed by atoms with E-state index in [1.807, 2.05) is 0 Å². The molecule has 0 aliphatic carbocycles. The van der Waals surface area contributed by atoms with Gasteiger partial charge in [-0.2, -0.15) is 0 Å². The zero-order chi connectivity index (χ0) is 11.6. The first kappa shape index (κ1) is 11.3. The maximum Gasteiger partial charge on any atom is 0.248 e. The zero-order valence-corrected chi connectivity index (χ0v) is 9.20. The molecule has 2 rings (SSSR count). The number of carbonyl (C=O) groups excluding carboxylic acids is 1. The van der Waals surface area contributed by atoms with Gasteiger partial charge < -0.3 is 15.8 Å². The van der Waals surface area contributed by atoms with E-state index in [1.165, 1.54) is 6.20 Å². The fraction of sp³-hybridized carbons (Fsp3) is 0.444. The van der Waals surface area contributed by atoms with Crippen LogP contribution in [0.4, 0.5) is 5.82 Å². The molecule has 1 aromatic heterocycles. The third kappa shape index (κ3) is 2.29. The zero-order valence-electron chi connectivity index (χ0n) is 8.44. The van der Waals surface area contributed by atoms with Crippen LogP contribution in [0.1, 0.15) is 6.42 Å². The molecular formula is C9H11ClN4O2. The second-order valence-electron chi connectivity index (χ2n) is 3.62. The number of halogens is 1. The first-order valence-electron chi connectivity index (χ1n) is 4.77. The summed E-state index contributed by atoms with van der Waals surface area (Å²) in [7, 11) is 0. The summed E-state index contributed by atoms with van der Waals surface area (Å²) in [6.45, 7) is 0.714. The Balaban J connectivity index is 2.07. The van der Waals surface area contributed by atoms with Gasteiger partial charge in [0.25, 0.3) is 0 Å². The van der Waals surface area contributed by atoms with Gasteiger partial charge in [-0.15, -0.1) is 0 Å². The fourth-order valence-corrected chi connectivity index (χ4v) is 1.55. The smallest absolute Gasteiger partial charge is 0.248 e. The molecule has 0 radical (unpaired) electrons. The summed E-state index contributed by atoms with van der Waals surface area (Å²) >= 11 is 5.59. The highest BCUT2D eigenvalue weighted by atomic mass is 35.5. The van der Waals surface area contributed by atoms with E-state index in [0.717, 1.165) is 0 Å². The molecule has 86 valence electrons. The summed E-state index contributed by atoms with van der Waals surface area (Å²) in [5.74, 6) is 0.0153. The lowest BCUT2D eigenvalue weighted by molar-refractivity contribution is -0.121. The summed E-state index contributed by atoms with van der Waals surface area (Å²) in [5, 5.41) is 2.66. The second kappa shape index (κ2) is 4.32. The van der Waals surface area contributed by atoms with E-state index in [0.29, 0.717) is 18.8 Å². The van der Waals surface area contributed by atoms with Crippen molar-refractivity contribution in [1.82, 2.24) is 9.97 Å². The lowest BCUT2D eigenvalue weighted by Crippen LogP contribution is -2.51. The molecule has 1 fully saturated rings. The number of hydrogen-bond donors (Lipinski definition) is 2. The minimum Gasteiger partial charge on any atom is -0.379 e. The van der Waals surface area contributed by atoms with Crippen LogP contribution in [-0.2, 0) is 9.53 Å². The van der Waals surface area contributed by atoms with Gasteiger partial charge in [-0.05, 0) is 24.1 Å². The van der Waals surface area contributed by atoms with Crippen molar-refractivity contribution in [3.63, 3.8) is 0 Å². The van der Waals surface area contributed by atoms with Crippen LogP contribution in [0.3, 0.4) is 0 Å². The molecule has 16 heavy (non-hydrogen) atoms. The molecule has 3 N–H and O–H groups in total. The Morgan fingerprint density at radius 3 is 3.12 bits per heavy atom. The monoisotopic (exact) mass is 242 g/mol. The third-order valence-electron chi connectivity index (χ3n) is 2.37. The normalized spacial score (nSPS) is 24.4. The number of nitrogens with zero attached hydrogens (tertiary/aromatic N) is 2. The maximum atomic E-state index is 11.8. The number of aromatic nitrogens is 2. The van der Waals surface area contributed by atoms with E-state index < -0.39 is 5.54 Å². The SMILES string of the molecule is NC1(C(=O)Nc2ccnc(Cl)n2)CCOC1. The Bertz CT molecular complexity index is 406. The molecule has 1 aliphatic heterocycles. The van der Waals surface area contributed by atoms with Crippen molar-refractivity contribution in [2.75, 3.05) is 18.5 Å². The van der Waals surface area contributed by atoms with Crippen molar-refractivity contribution in [2.45, 2.75) is 12.0 Å². The number of hydrogen-bond acceptors (Lipinski definition) is 5. The number of ether oxygens (including phenoxy) is 1. The summed E-state index contributed by atoms with van der Waals surface area (Å²) in [6, 6.07) is 1.54. The van der Waals surface area contributed by atoms with E-state index in [9.17, 15) is 4.79 Å². The molecule has 1 aromatic rings. The minimum absolute atomic E-state index is 0.0755.